The molecular formula is C25H33F3N6O. The average molecular weight is 491 g/mol. The van der Waals surface area contributed by atoms with E-state index in [4.69, 9.17) is 15.6 Å². The lowest BCUT2D eigenvalue weighted by Crippen LogP contribution is -2.57. The molecule has 35 heavy (non-hydrogen) atoms. The molecule has 0 aromatic carbocycles. The van der Waals surface area contributed by atoms with Crippen LogP contribution >= 0.6 is 0 Å². The molecule has 0 bridgehead atoms. The van der Waals surface area contributed by atoms with Crippen molar-refractivity contribution in [3.8, 4) is 11.3 Å². The molecule has 2 aromatic heterocycles. The summed E-state index contributed by atoms with van der Waals surface area (Å²) in [6.07, 6.45) is -0.763. The monoisotopic (exact) mass is 490 g/mol. The van der Waals surface area contributed by atoms with E-state index in [1.54, 1.807) is 0 Å². The maximum Gasteiger partial charge on any atom is 0.419 e. The summed E-state index contributed by atoms with van der Waals surface area (Å²) in [4.78, 5) is 9.04. The number of ether oxygens (including phenoxy) is 1. The van der Waals surface area contributed by atoms with E-state index in [-0.39, 0.29) is 6.04 Å². The zero-order valence-corrected chi connectivity index (χ0v) is 20.2. The maximum absolute atomic E-state index is 13.4. The van der Waals surface area contributed by atoms with Crippen LogP contribution in [0.3, 0.4) is 0 Å². The van der Waals surface area contributed by atoms with E-state index in [9.17, 15) is 13.2 Å². The Morgan fingerprint density at radius 1 is 1.00 bits per heavy atom. The summed E-state index contributed by atoms with van der Waals surface area (Å²) in [5.74, 6) is 1.20. The predicted molar refractivity (Wildman–Crippen MR) is 126 cm³/mol. The minimum Gasteiger partial charge on any atom is -0.383 e. The molecule has 2 saturated heterocycles. The molecule has 4 atom stereocenters. The molecule has 2 saturated carbocycles. The molecule has 10 heteroatoms. The van der Waals surface area contributed by atoms with Gasteiger partial charge in [-0.2, -0.15) is 18.3 Å². The highest BCUT2D eigenvalue weighted by Gasteiger charge is 2.58. The highest BCUT2D eigenvalue weighted by atomic mass is 19.4. The number of hydrogen-bond acceptors (Lipinski definition) is 6. The van der Waals surface area contributed by atoms with Gasteiger partial charge in [-0.15, -0.1) is 0 Å². The van der Waals surface area contributed by atoms with Crippen molar-refractivity contribution in [2.75, 3.05) is 45.1 Å². The van der Waals surface area contributed by atoms with Crippen LogP contribution in [-0.4, -0.2) is 76.0 Å². The van der Waals surface area contributed by atoms with Crippen molar-refractivity contribution in [3.05, 3.63) is 29.6 Å². The van der Waals surface area contributed by atoms with Crippen molar-refractivity contribution >= 4 is 5.82 Å². The number of halogens is 3. The van der Waals surface area contributed by atoms with Crippen molar-refractivity contribution in [1.82, 2.24) is 24.6 Å². The molecule has 4 heterocycles. The maximum atomic E-state index is 13.4. The van der Waals surface area contributed by atoms with Gasteiger partial charge in [0.15, 0.2) is 0 Å². The van der Waals surface area contributed by atoms with Crippen LogP contribution in [0, 0.1) is 11.8 Å². The van der Waals surface area contributed by atoms with E-state index in [0.717, 1.165) is 51.2 Å². The first-order valence-corrected chi connectivity index (χ1v) is 12.7. The van der Waals surface area contributed by atoms with Gasteiger partial charge in [-0.3, -0.25) is 14.5 Å². The Kier molecular flexibility index (Phi) is 5.61. The molecule has 2 aliphatic heterocycles. The largest absolute Gasteiger partial charge is 0.419 e. The average Bonchev–Trinajstić information content (AvgIpc) is 3.13. The second kappa shape index (κ2) is 8.45. The molecule has 0 spiro atoms. The Labute approximate surface area is 203 Å². The fourth-order valence-electron chi connectivity index (χ4n) is 6.51. The van der Waals surface area contributed by atoms with Crippen LogP contribution in [0.15, 0.2) is 18.3 Å². The topological polar surface area (TPSA) is 72.4 Å². The molecule has 7 nitrogen and oxygen atoms in total. The number of alkyl halides is 3. The minimum absolute atomic E-state index is 0.128. The van der Waals surface area contributed by atoms with E-state index < -0.39 is 17.6 Å². The van der Waals surface area contributed by atoms with Gasteiger partial charge in [-0.05, 0) is 50.7 Å². The number of nitrogens with two attached hydrogens (primary N) is 1. The summed E-state index contributed by atoms with van der Waals surface area (Å²) < 4.78 is 47.4. The van der Waals surface area contributed by atoms with Crippen LogP contribution in [0.1, 0.15) is 49.9 Å². The molecule has 190 valence electrons. The van der Waals surface area contributed by atoms with Crippen LogP contribution in [0.2, 0.25) is 0 Å². The van der Waals surface area contributed by atoms with Gasteiger partial charge in [0.1, 0.15) is 5.82 Å². The number of nitrogens with zero attached hydrogens (tertiary/aromatic N) is 5. The quantitative estimate of drug-likeness (QED) is 0.690. The number of anilines is 1. The number of aromatic nitrogens is 3. The van der Waals surface area contributed by atoms with E-state index in [2.05, 4.69) is 28.6 Å². The van der Waals surface area contributed by atoms with Crippen molar-refractivity contribution in [3.63, 3.8) is 0 Å². The molecule has 2 aliphatic carbocycles. The molecule has 2 aromatic rings. The third-order valence-electron chi connectivity index (χ3n) is 8.54. The van der Waals surface area contributed by atoms with Crippen molar-refractivity contribution in [2.45, 2.75) is 56.9 Å². The van der Waals surface area contributed by atoms with Gasteiger partial charge in [-0.25, -0.2) is 4.98 Å². The van der Waals surface area contributed by atoms with E-state index >= 15 is 0 Å². The van der Waals surface area contributed by atoms with Gasteiger partial charge in [0.25, 0.3) is 0 Å². The number of rotatable bonds is 5. The molecule has 4 aliphatic rings. The smallest absolute Gasteiger partial charge is 0.383 e. The second-order valence-corrected chi connectivity index (χ2v) is 10.9. The van der Waals surface area contributed by atoms with Crippen LogP contribution < -0.4 is 5.73 Å². The van der Waals surface area contributed by atoms with Crippen molar-refractivity contribution < 1.29 is 17.9 Å². The Bertz CT molecular complexity index is 1080. The lowest BCUT2D eigenvalue weighted by molar-refractivity contribution is -0.137. The number of pyridine rings is 1. The zero-order valence-electron chi connectivity index (χ0n) is 20.2. The summed E-state index contributed by atoms with van der Waals surface area (Å²) in [6.45, 7) is 10.4. The molecule has 2 N–H and O–H groups in total. The van der Waals surface area contributed by atoms with Gasteiger partial charge >= 0.3 is 6.18 Å². The van der Waals surface area contributed by atoms with Crippen LogP contribution in [0.5, 0.6) is 0 Å². The summed E-state index contributed by atoms with van der Waals surface area (Å²) in [6, 6.07) is 4.44. The Morgan fingerprint density at radius 2 is 1.63 bits per heavy atom. The van der Waals surface area contributed by atoms with E-state index in [1.165, 1.54) is 19.0 Å². The Morgan fingerprint density at radius 3 is 2.17 bits per heavy atom. The molecule has 6 rings (SSSR count). The Balaban J connectivity index is 1.15. The Hall–Kier alpha value is -2.17. The number of hydrogen-bond donors (Lipinski definition) is 1. The summed E-state index contributed by atoms with van der Waals surface area (Å²) in [5, 5.41) is 4.71. The van der Waals surface area contributed by atoms with Gasteiger partial charge in [-0.1, -0.05) is 0 Å². The lowest BCUT2D eigenvalue weighted by Gasteiger charge is -2.44. The van der Waals surface area contributed by atoms with E-state index in [0.29, 0.717) is 41.1 Å². The first-order chi connectivity index (χ1) is 16.7. The fourth-order valence-corrected chi connectivity index (χ4v) is 6.51. The highest BCUT2D eigenvalue weighted by molar-refractivity contribution is 5.63. The van der Waals surface area contributed by atoms with E-state index in [1.807, 2.05) is 10.7 Å². The predicted octanol–water partition coefficient (Wildman–Crippen LogP) is 3.64. The molecule has 4 fully saturated rings. The second-order valence-electron chi connectivity index (χ2n) is 10.9. The third kappa shape index (κ3) is 4.13. The fraction of sp³-hybridized carbons (Fsp3) is 0.680. The summed E-state index contributed by atoms with van der Waals surface area (Å²) in [5.41, 5.74) is 6.61. The van der Waals surface area contributed by atoms with Crippen LogP contribution in [0.4, 0.5) is 19.0 Å². The number of fused-ring (bicyclic) bond motifs is 1. The van der Waals surface area contributed by atoms with Crippen molar-refractivity contribution in [1.29, 1.82) is 0 Å². The summed E-state index contributed by atoms with van der Waals surface area (Å²) in [7, 11) is 0. The van der Waals surface area contributed by atoms with Crippen LogP contribution in [0.25, 0.3) is 11.3 Å². The molecule has 0 radical (unpaired) electrons. The minimum atomic E-state index is -4.55. The standard InChI is InChI=1S/C25H33F3N6O/c1-14(2)34-22(10-21(31-34)15-7-20(25(26,27)28)24(29)30-11-15)23-18-8-16(9-19(18)23)32-3-5-33(6-4-32)17-12-35-13-17/h7,10-11,14,16-19,23H,3-6,8-9,12-13H2,1-2H3,(H2,29,30)/t16?,18-,19+,23+. The lowest BCUT2D eigenvalue weighted by atomic mass is 10.0. The normalized spacial score (nSPS) is 30.0. The van der Waals surface area contributed by atoms with Gasteiger partial charge < -0.3 is 10.5 Å². The SMILES string of the molecule is CC(C)n1nc(-c2cnc(N)c(C(F)(F)F)c2)cc1[C@H]1[C@@H]2CC(N3CCN(C4COC4)CC3)C[C@@H]21. The first kappa shape index (κ1) is 23.2. The molecular weight excluding hydrogens is 457 g/mol. The first-order valence-electron chi connectivity index (χ1n) is 12.7. The molecule has 1 unspecified atom stereocenters. The summed E-state index contributed by atoms with van der Waals surface area (Å²) >= 11 is 0. The van der Waals surface area contributed by atoms with Gasteiger partial charge in [0, 0.05) is 61.6 Å². The third-order valence-corrected chi connectivity index (χ3v) is 8.54. The highest BCUT2D eigenvalue weighted by Crippen LogP contribution is 2.64. The zero-order chi connectivity index (χ0) is 24.5. The van der Waals surface area contributed by atoms with Crippen molar-refractivity contribution in [2.24, 2.45) is 11.8 Å². The van der Waals surface area contributed by atoms with Gasteiger partial charge in [0.2, 0.25) is 0 Å². The number of nitrogen functional groups attached to an aromatic ring is 1. The number of piperazine rings is 1. The molecule has 0 amide bonds. The van der Waals surface area contributed by atoms with Gasteiger partial charge in [0.05, 0.1) is 30.5 Å². The van der Waals surface area contributed by atoms with Crippen LogP contribution in [-0.2, 0) is 10.9 Å².